The number of thioether (sulfide) groups is 1. The fraction of sp³-hybridized carbons (Fsp3) is 0.455. The first-order chi connectivity index (χ1) is 8.43. The van der Waals surface area contributed by atoms with Gasteiger partial charge in [-0.05, 0) is 25.1 Å². The van der Waals surface area contributed by atoms with Crippen LogP contribution in [0.1, 0.15) is 6.92 Å². The van der Waals surface area contributed by atoms with E-state index in [2.05, 4.69) is 0 Å². The van der Waals surface area contributed by atoms with Gasteiger partial charge in [-0.1, -0.05) is 0 Å². The van der Waals surface area contributed by atoms with Crippen molar-refractivity contribution in [1.82, 2.24) is 4.31 Å². The Labute approximate surface area is 110 Å². The molecular formula is C11H15FN2O2S2. The van der Waals surface area contributed by atoms with E-state index in [9.17, 15) is 12.8 Å². The molecule has 2 rings (SSSR count). The Morgan fingerprint density at radius 1 is 1.50 bits per heavy atom. The molecule has 18 heavy (non-hydrogen) atoms. The van der Waals surface area contributed by atoms with E-state index >= 15 is 0 Å². The van der Waals surface area contributed by atoms with Crippen molar-refractivity contribution in [2.24, 2.45) is 0 Å². The number of hydrogen-bond donors (Lipinski definition) is 1. The fourth-order valence-corrected chi connectivity index (χ4v) is 4.91. The highest BCUT2D eigenvalue weighted by atomic mass is 32.2. The third-order valence-electron chi connectivity index (χ3n) is 2.87. The molecule has 1 atom stereocenters. The maximum Gasteiger partial charge on any atom is 0.245 e. The topological polar surface area (TPSA) is 63.4 Å². The Balaban J connectivity index is 2.44. The summed E-state index contributed by atoms with van der Waals surface area (Å²) >= 11 is 1.71. The first-order valence-corrected chi connectivity index (χ1v) is 8.17. The number of hydrogen-bond acceptors (Lipinski definition) is 4. The molecular weight excluding hydrogens is 275 g/mol. The van der Waals surface area contributed by atoms with Crippen molar-refractivity contribution in [2.45, 2.75) is 17.9 Å². The zero-order chi connectivity index (χ0) is 13.3. The largest absolute Gasteiger partial charge is 0.398 e. The fourth-order valence-electron chi connectivity index (χ4n) is 1.93. The van der Waals surface area contributed by atoms with Crippen molar-refractivity contribution in [3.63, 3.8) is 0 Å². The van der Waals surface area contributed by atoms with Crippen LogP contribution in [0.4, 0.5) is 10.1 Å². The maximum atomic E-state index is 13.2. The SMILES string of the molecule is CC1CSCCN1S(=O)(=O)c1cc(F)ccc1N. The third kappa shape index (κ3) is 2.48. The van der Waals surface area contributed by atoms with Gasteiger partial charge in [0.2, 0.25) is 10.0 Å². The quantitative estimate of drug-likeness (QED) is 0.839. The molecule has 0 spiro atoms. The van der Waals surface area contributed by atoms with Crippen molar-refractivity contribution in [1.29, 1.82) is 0 Å². The number of nitrogen functional groups attached to an aromatic ring is 1. The van der Waals surface area contributed by atoms with Crippen LogP contribution in [-0.2, 0) is 10.0 Å². The molecule has 100 valence electrons. The van der Waals surface area contributed by atoms with Crippen LogP contribution >= 0.6 is 11.8 Å². The number of anilines is 1. The van der Waals surface area contributed by atoms with Crippen LogP contribution in [0, 0.1) is 5.82 Å². The van der Waals surface area contributed by atoms with E-state index < -0.39 is 15.8 Å². The van der Waals surface area contributed by atoms with Gasteiger partial charge in [-0.15, -0.1) is 0 Å². The number of halogens is 1. The molecule has 0 saturated carbocycles. The van der Waals surface area contributed by atoms with Gasteiger partial charge in [0, 0.05) is 24.1 Å². The Hall–Kier alpha value is -0.790. The summed E-state index contributed by atoms with van der Waals surface area (Å²) in [7, 11) is -3.71. The van der Waals surface area contributed by atoms with Gasteiger partial charge in [0.05, 0.1) is 5.69 Å². The number of rotatable bonds is 2. The summed E-state index contributed by atoms with van der Waals surface area (Å²) < 4.78 is 39.5. The Kier molecular flexibility index (Phi) is 3.84. The van der Waals surface area contributed by atoms with Gasteiger partial charge in [-0.3, -0.25) is 0 Å². The zero-order valence-corrected chi connectivity index (χ0v) is 11.6. The molecule has 0 radical (unpaired) electrons. The Bertz CT molecular complexity index is 548. The Morgan fingerprint density at radius 2 is 2.22 bits per heavy atom. The van der Waals surface area contributed by atoms with Gasteiger partial charge >= 0.3 is 0 Å². The standard InChI is InChI=1S/C11H15FN2O2S2/c1-8-7-17-5-4-14(8)18(15,16)11-6-9(12)2-3-10(11)13/h2-3,6,8H,4-5,7,13H2,1H3. The van der Waals surface area contributed by atoms with E-state index in [1.54, 1.807) is 11.8 Å². The number of nitrogens with zero attached hydrogens (tertiary/aromatic N) is 1. The molecule has 7 heteroatoms. The normalized spacial score (nSPS) is 22.0. The molecule has 1 aliphatic rings. The predicted octanol–water partition coefficient (Wildman–Crippen LogP) is 1.53. The maximum absolute atomic E-state index is 13.2. The third-order valence-corrected chi connectivity index (χ3v) is 6.13. The summed E-state index contributed by atoms with van der Waals surface area (Å²) in [5.41, 5.74) is 5.73. The van der Waals surface area contributed by atoms with E-state index in [-0.39, 0.29) is 16.6 Å². The molecule has 1 aliphatic heterocycles. The summed E-state index contributed by atoms with van der Waals surface area (Å²) in [6.07, 6.45) is 0. The molecule has 0 aliphatic carbocycles. The van der Waals surface area contributed by atoms with Crippen LogP contribution in [0.25, 0.3) is 0 Å². The van der Waals surface area contributed by atoms with E-state index in [0.717, 1.165) is 23.6 Å². The first kappa shape index (κ1) is 13.6. The second kappa shape index (κ2) is 5.07. The minimum Gasteiger partial charge on any atom is -0.398 e. The molecule has 2 N–H and O–H groups in total. The molecule has 1 saturated heterocycles. The van der Waals surface area contributed by atoms with E-state index in [0.29, 0.717) is 6.54 Å². The number of nitrogens with two attached hydrogens (primary N) is 1. The lowest BCUT2D eigenvalue weighted by Gasteiger charge is -2.32. The van der Waals surface area contributed by atoms with Gasteiger partial charge in [0.1, 0.15) is 10.7 Å². The lowest BCUT2D eigenvalue weighted by atomic mass is 10.3. The monoisotopic (exact) mass is 290 g/mol. The van der Waals surface area contributed by atoms with Crippen molar-refractivity contribution in [2.75, 3.05) is 23.8 Å². The van der Waals surface area contributed by atoms with Crippen LogP contribution in [0.3, 0.4) is 0 Å². The molecule has 0 amide bonds. The molecule has 1 heterocycles. The smallest absolute Gasteiger partial charge is 0.245 e. The minimum atomic E-state index is -3.71. The predicted molar refractivity (Wildman–Crippen MR) is 71.5 cm³/mol. The number of benzene rings is 1. The zero-order valence-electron chi connectivity index (χ0n) is 9.97. The lowest BCUT2D eigenvalue weighted by Crippen LogP contribution is -2.44. The van der Waals surface area contributed by atoms with Crippen LogP contribution in [0.15, 0.2) is 23.1 Å². The van der Waals surface area contributed by atoms with Crippen molar-refractivity contribution in [3.8, 4) is 0 Å². The van der Waals surface area contributed by atoms with Crippen molar-refractivity contribution < 1.29 is 12.8 Å². The summed E-state index contributed by atoms with van der Waals surface area (Å²) in [5, 5.41) is 0. The highest BCUT2D eigenvalue weighted by Gasteiger charge is 2.32. The van der Waals surface area contributed by atoms with Gasteiger partial charge < -0.3 is 5.73 Å². The minimum absolute atomic E-state index is 0.0850. The molecule has 4 nitrogen and oxygen atoms in total. The summed E-state index contributed by atoms with van der Waals surface area (Å²) in [6.45, 7) is 2.28. The lowest BCUT2D eigenvalue weighted by molar-refractivity contribution is 0.367. The first-order valence-electron chi connectivity index (χ1n) is 5.57. The number of sulfonamides is 1. The van der Waals surface area contributed by atoms with E-state index in [1.807, 2.05) is 6.92 Å². The van der Waals surface area contributed by atoms with Crippen LogP contribution in [0.5, 0.6) is 0 Å². The molecule has 1 aromatic carbocycles. The second-order valence-corrected chi connectivity index (χ2v) is 7.23. The summed E-state index contributed by atoms with van der Waals surface area (Å²) in [5.74, 6) is 0.898. The van der Waals surface area contributed by atoms with Gasteiger partial charge in [-0.25, -0.2) is 12.8 Å². The molecule has 1 aromatic rings. The molecule has 1 fully saturated rings. The van der Waals surface area contributed by atoms with Gasteiger partial charge in [0.25, 0.3) is 0 Å². The van der Waals surface area contributed by atoms with Crippen LogP contribution < -0.4 is 5.73 Å². The summed E-state index contributed by atoms with van der Waals surface area (Å²) in [4.78, 5) is -0.138. The van der Waals surface area contributed by atoms with Crippen molar-refractivity contribution in [3.05, 3.63) is 24.0 Å². The average molecular weight is 290 g/mol. The van der Waals surface area contributed by atoms with Crippen molar-refractivity contribution >= 4 is 27.5 Å². The molecule has 0 bridgehead atoms. The highest BCUT2D eigenvalue weighted by molar-refractivity contribution is 7.99. The second-order valence-electron chi connectivity index (χ2n) is 4.22. The van der Waals surface area contributed by atoms with Gasteiger partial charge in [0.15, 0.2) is 0 Å². The highest BCUT2D eigenvalue weighted by Crippen LogP contribution is 2.28. The average Bonchev–Trinajstić information content (AvgIpc) is 2.32. The Morgan fingerprint density at radius 3 is 2.89 bits per heavy atom. The van der Waals surface area contributed by atoms with Crippen LogP contribution in [0.2, 0.25) is 0 Å². The molecule has 0 aromatic heterocycles. The van der Waals surface area contributed by atoms with E-state index in [1.165, 1.54) is 10.4 Å². The van der Waals surface area contributed by atoms with Crippen LogP contribution in [-0.4, -0.2) is 36.8 Å². The van der Waals surface area contributed by atoms with E-state index in [4.69, 9.17) is 5.73 Å². The molecule has 1 unspecified atom stereocenters. The van der Waals surface area contributed by atoms with Gasteiger partial charge in [-0.2, -0.15) is 16.1 Å². The summed E-state index contributed by atoms with van der Waals surface area (Å²) in [6, 6.07) is 3.32.